The van der Waals surface area contributed by atoms with Gasteiger partial charge in [0.15, 0.2) is 0 Å². The molecular formula is C21H28N4O2S. The summed E-state index contributed by atoms with van der Waals surface area (Å²) in [6.45, 7) is 3.70. The van der Waals surface area contributed by atoms with Crippen LogP contribution >= 0.6 is 11.3 Å². The molecule has 0 bridgehead atoms. The molecule has 0 aromatic carbocycles. The zero-order valence-electron chi connectivity index (χ0n) is 16.8. The molecule has 0 radical (unpaired) electrons. The summed E-state index contributed by atoms with van der Waals surface area (Å²) >= 11 is 1.74. The first-order chi connectivity index (χ1) is 13.5. The lowest BCUT2D eigenvalue weighted by Gasteiger charge is -2.33. The molecule has 28 heavy (non-hydrogen) atoms. The van der Waals surface area contributed by atoms with Crippen LogP contribution in [0.5, 0.6) is 0 Å². The van der Waals surface area contributed by atoms with Gasteiger partial charge in [0.1, 0.15) is 0 Å². The lowest BCUT2D eigenvalue weighted by Crippen LogP contribution is -2.40. The first-order valence-corrected chi connectivity index (χ1v) is 11.0. The van der Waals surface area contributed by atoms with Crippen molar-refractivity contribution in [2.24, 2.45) is 5.92 Å². The summed E-state index contributed by atoms with van der Waals surface area (Å²) in [7, 11) is 3.49. The fourth-order valence-corrected chi connectivity index (χ4v) is 5.68. The number of amides is 2. The number of likely N-dealkylation sites (tertiary alicyclic amines) is 1. The molecule has 1 aliphatic heterocycles. The summed E-state index contributed by atoms with van der Waals surface area (Å²) in [5, 5.41) is 9.20. The maximum Gasteiger partial charge on any atom is 0.256 e. The number of carbonyl (C=O) groups excluding carboxylic acids is 2. The first kappa shape index (κ1) is 19.2. The van der Waals surface area contributed by atoms with E-state index in [2.05, 4.69) is 22.5 Å². The van der Waals surface area contributed by atoms with Gasteiger partial charge in [0, 0.05) is 43.4 Å². The topological polar surface area (TPSA) is 69.3 Å². The maximum atomic E-state index is 13.3. The minimum absolute atomic E-state index is 0.0479. The zero-order chi connectivity index (χ0) is 19.8. The van der Waals surface area contributed by atoms with Crippen LogP contribution in [-0.4, -0.2) is 59.0 Å². The molecule has 2 aromatic heterocycles. The molecule has 150 valence electrons. The molecule has 1 fully saturated rings. The molecule has 6 nitrogen and oxygen atoms in total. The number of carbonyl (C=O) groups is 2. The number of aromatic nitrogens is 2. The van der Waals surface area contributed by atoms with Crippen molar-refractivity contribution in [3.8, 4) is 0 Å². The van der Waals surface area contributed by atoms with E-state index < -0.39 is 0 Å². The molecule has 0 unspecified atom stereocenters. The van der Waals surface area contributed by atoms with Gasteiger partial charge in [-0.05, 0) is 43.6 Å². The number of rotatable bonds is 3. The third-order valence-corrected chi connectivity index (χ3v) is 7.11. The number of aromatic amines is 1. The van der Waals surface area contributed by atoms with Gasteiger partial charge < -0.3 is 9.80 Å². The Morgan fingerprint density at radius 1 is 1.29 bits per heavy atom. The fraction of sp³-hybridized carbons (Fsp3) is 0.571. The molecule has 3 heterocycles. The number of nitrogens with one attached hydrogen (secondary N) is 1. The third-order valence-electron chi connectivity index (χ3n) is 6.05. The van der Waals surface area contributed by atoms with E-state index >= 15 is 0 Å². The highest BCUT2D eigenvalue weighted by Gasteiger charge is 2.32. The number of fused-ring (bicyclic) bond motifs is 1. The van der Waals surface area contributed by atoms with E-state index in [1.807, 2.05) is 4.90 Å². The SMILES string of the molecule is C[C@@H]1CCc2c(C(=O)N3CCC[C@H](c4[nH]ncc4C(=O)N(C)C)C3)csc2C1. The van der Waals surface area contributed by atoms with Crippen LogP contribution in [0, 0.1) is 5.92 Å². The molecule has 2 atom stereocenters. The van der Waals surface area contributed by atoms with Crippen LogP contribution in [-0.2, 0) is 12.8 Å². The Kier molecular flexibility index (Phi) is 5.27. The summed E-state index contributed by atoms with van der Waals surface area (Å²) < 4.78 is 0. The molecule has 7 heteroatoms. The van der Waals surface area contributed by atoms with Gasteiger partial charge in [-0.2, -0.15) is 5.10 Å². The number of nitrogens with zero attached hydrogens (tertiary/aromatic N) is 3. The zero-order valence-corrected chi connectivity index (χ0v) is 17.6. The molecular weight excluding hydrogens is 372 g/mol. The average Bonchev–Trinajstić information content (AvgIpc) is 3.33. The number of thiophene rings is 1. The molecule has 2 aliphatic rings. The van der Waals surface area contributed by atoms with E-state index in [-0.39, 0.29) is 17.7 Å². The highest BCUT2D eigenvalue weighted by atomic mass is 32.1. The largest absolute Gasteiger partial charge is 0.345 e. The second-order valence-electron chi connectivity index (χ2n) is 8.39. The van der Waals surface area contributed by atoms with Crippen molar-refractivity contribution in [1.82, 2.24) is 20.0 Å². The second kappa shape index (κ2) is 7.70. The highest BCUT2D eigenvalue weighted by molar-refractivity contribution is 7.10. The molecule has 2 amide bonds. The van der Waals surface area contributed by atoms with Gasteiger partial charge in [0.05, 0.1) is 23.0 Å². The minimum atomic E-state index is -0.0479. The molecule has 1 aliphatic carbocycles. The van der Waals surface area contributed by atoms with Crippen molar-refractivity contribution < 1.29 is 9.59 Å². The van der Waals surface area contributed by atoms with Gasteiger partial charge in [-0.1, -0.05) is 6.92 Å². The van der Waals surface area contributed by atoms with Crippen molar-refractivity contribution in [3.63, 3.8) is 0 Å². The smallest absolute Gasteiger partial charge is 0.256 e. The molecule has 0 saturated carbocycles. The number of piperidine rings is 1. The van der Waals surface area contributed by atoms with Crippen molar-refractivity contribution in [2.45, 2.75) is 44.9 Å². The van der Waals surface area contributed by atoms with Gasteiger partial charge in [-0.3, -0.25) is 14.7 Å². The standard InChI is InChI=1S/C21H28N4O2S/c1-13-6-7-15-17(12-28-18(15)9-13)21(27)25-8-4-5-14(11-25)19-16(10-22-23-19)20(26)24(2)3/h10,12-14H,4-9,11H2,1-3H3,(H,22,23)/t13-,14+/m1/s1. The van der Waals surface area contributed by atoms with Crippen molar-refractivity contribution in [2.75, 3.05) is 27.2 Å². The number of H-pyrrole nitrogens is 1. The van der Waals surface area contributed by atoms with E-state index in [1.54, 1.807) is 36.5 Å². The molecule has 0 spiro atoms. The van der Waals surface area contributed by atoms with Crippen molar-refractivity contribution >= 4 is 23.2 Å². The Hall–Kier alpha value is -2.15. The first-order valence-electron chi connectivity index (χ1n) is 10.1. The summed E-state index contributed by atoms with van der Waals surface area (Å²) in [6.07, 6.45) is 6.78. The van der Waals surface area contributed by atoms with Gasteiger partial charge in [0.25, 0.3) is 11.8 Å². The fourth-order valence-electron chi connectivity index (χ4n) is 4.44. The monoisotopic (exact) mass is 400 g/mol. The third kappa shape index (κ3) is 3.48. The molecule has 2 aromatic rings. The van der Waals surface area contributed by atoms with Gasteiger partial charge in [-0.15, -0.1) is 11.3 Å². The van der Waals surface area contributed by atoms with E-state index in [1.165, 1.54) is 10.4 Å². The average molecular weight is 401 g/mol. The van der Waals surface area contributed by atoms with Crippen LogP contribution in [0.25, 0.3) is 0 Å². The summed E-state index contributed by atoms with van der Waals surface area (Å²) in [5.74, 6) is 0.931. The van der Waals surface area contributed by atoms with Crippen LogP contribution < -0.4 is 0 Å². The molecule has 1 N–H and O–H groups in total. The normalized spacial score (nSPS) is 22.0. The maximum absolute atomic E-state index is 13.3. The van der Waals surface area contributed by atoms with Crippen LogP contribution in [0.3, 0.4) is 0 Å². The lowest BCUT2D eigenvalue weighted by atomic mass is 9.87. The van der Waals surface area contributed by atoms with E-state index in [0.717, 1.165) is 49.9 Å². The highest BCUT2D eigenvalue weighted by Crippen LogP contribution is 2.35. The number of hydrogen-bond acceptors (Lipinski definition) is 4. The van der Waals surface area contributed by atoms with Gasteiger partial charge >= 0.3 is 0 Å². The van der Waals surface area contributed by atoms with Crippen LogP contribution in [0.2, 0.25) is 0 Å². The van der Waals surface area contributed by atoms with Crippen LogP contribution in [0.15, 0.2) is 11.6 Å². The van der Waals surface area contributed by atoms with Crippen LogP contribution in [0.1, 0.15) is 69.0 Å². The number of hydrogen-bond donors (Lipinski definition) is 1. The summed E-state index contributed by atoms with van der Waals surface area (Å²) in [6, 6.07) is 0. The minimum Gasteiger partial charge on any atom is -0.345 e. The van der Waals surface area contributed by atoms with E-state index in [4.69, 9.17) is 0 Å². The van der Waals surface area contributed by atoms with E-state index in [9.17, 15) is 9.59 Å². The second-order valence-corrected chi connectivity index (χ2v) is 9.35. The van der Waals surface area contributed by atoms with Gasteiger partial charge in [0.2, 0.25) is 0 Å². The Bertz CT molecular complexity index is 885. The Morgan fingerprint density at radius 3 is 2.89 bits per heavy atom. The molecule has 1 saturated heterocycles. The Morgan fingerprint density at radius 2 is 2.11 bits per heavy atom. The van der Waals surface area contributed by atoms with Crippen LogP contribution in [0.4, 0.5) is 0 Å². The quantitative estimate of drug-likeness (QED) is 0.859. The summed E-state index contributed by atoms with van der Waals surface area (Å²) in [5.41, 5.74) is 3.66. The predicted molar refractivity (Wildman–Crippen MR) is 110 cm³/mol. The Labute approximate surface area is 169 Å². The Balaban J connectivity index is 1.53. The van der Waals surface area contributed by atoms with Gasteiger partial charge in [-0.25, -0.2) is 0 Å². The molecule has 4 rings (SSSR count). The van der Waals surface area contributed by atoms with Crippen molar-refractivity contribution in [1.29, 1.82) is 0 Å². The summed E-state index contributed by atoms with van der Waals surface area (Å²) in [4.78, 5) is 30.7. The van der Waals surface area contributed by atoms with Crippen molar-refractivity contribution in [3.05, 3.63) is 38.8 Å². The predicted octanol–water partition coefficient (Wildman–Crippen LogP) is 3.32. The van der Waals surface area contributed by atoms with E-state index in [0.29, 0.717) is 18.0 Å². The lowest BCUT2D eigenvalue weighted by molar-refractivity contribution is 0.0704.